The zero-order chi connectivity index (χ0) is 12.5. The van der Waals surface area contributed by atoms with Gasteiger partial charge in [0.05, 0.1) is 6.61 Å². The highest BCUT2D eigenvalue weighted by atomic mass is 16.4. The lowest BCUT2D eigenvalue weighted by Gasteiger charge is -2.24. The summed E-state index contributed by atoms with van der Waals surface area (Å²) >= 11 is 0. The van der Waals surface area contributed by atoms with E-state index in [-0.39, 0.29) is 0 Å². The van der Waals surface area contributed by atoms with Crippen molar-refractivity contribution in [3.05, 3.63) is 48.0 Å². The average Bonchev–Trinajstić information content (AvgIpc) is 2.37. The number of benzene rings is 2. The molecule has 0 amide bonds. The molecule has 2 aromatic rings. The normalized spacial score (nSPS) is 14.5. The summed E-state index contributed by atoms with van der Waals surface area (Å²) in [5, 5.41) is 20.1. The van der Waals surface area contributed by atoms with Gasteiger partial charge in [0, 0.05) is 0 Å². The molecule has 0 fully saturated rings. The van der Waals surface area contributed by atoms with E-state index in [1.165, 1.54) is 0 Å². The number of hydrogen-bond acceptors (Lipinski definition) is 3. The topological polar surface area (TPSA) is 83.5 Å². The Balaban J connectivity index is 2.74. The van der Waals surface area contributed by atoms with Crippen molar-refractivity contribution in [2.45, 2.75) is 5.54 Å². The molecule has 0 saturated carbocycles. The molecule has 4 nitrogen and oxygen atoms in total. The van der Waals surface area contributed by atoms with Crippen molar-refractivity contribution in [2.24, 2.45) is 5.73 Å². The van der Waals surface area contributed by atoms with Crippen molar-refractivity contribution >= 4 is 16.7 Å². The molecule has 1 unspecified atom stereocenters. The third kappa shape index (κ3) is 1.77. The second kappa shape index (κ2) is 4.16. The summed E-state index contributed by atoms with van der Waals surface area (Å²) in [5.41, 5.74) is 4.44. The van der Waals surface area contributed by atoms with Crippen molar-refractivity contribution in [3.63, 3.8) is 0 Å². The lowest BCUT2D eigenvalue weighted by Crippen LogP contribution is -2.48. The zero-order valence-electron chi connectivity index (χ0n) is 9.13. The van der Waals surface area contributed by atoms with Crippen LogP contribution in [-0.4, -0.2) is 22.8 Å². The minimum atomic E-state index is -1.76. The fourth-order valence-corrected chi connectivity index (χ4v) is 1.88. The molecule has 2 aromatic carbocycles. The highest BCUT2D eigenvalue weighted by Gasteiger charge is 2.36. The molecule has 2 rings (SSSR count). The molecule has 4 heteroatoms. The Bertz CT molecular complexity index is 562. The molecule has 0 aromatic heterocycles. The largest absolute Gasteiger partial charge is 0.480 e. The van der Waals surface area contributed by atoms with Crippen molar-refractivity contribution < 1.29 is 15.0 Å². The maximum Gasteiger partial charge on any atom is 0.330 e. The number of fused-ring (bicyclic) bond motifs is 1. The Morgan fingerprint density at radius 3 is 2.47 bits per heavy atom. The molecule has 0 saturated heterocycles. The van der Waals surface area contributed by atoms with Gasteiger partial charge >= 0.3 is 5.97 Å². The molecule has 88 valence electrons. The fraction of sp³-hybridized carbons (Fsp3) is 0.154. The van der Waals surface area contributed by atoms with Gasteiger partial charge in [-0.2, -0.15) is 0 Å². The van der Waals surface area contributed by atoms with Gasteiger partial charge in [0.25, 0.3) is 0 Å². The van der Waals surface area contributed by atoms with E-state index >= 15 is 0 Å². The summed E-state index contributed by atoms with van der Waals surface area (Å²) in [4.78, 5) is 11.2. The molecule has 0 aliphatic heterocycles. The Kier molecular flexibility index (Phi) is 2.83. The Morgan fingerprint density at radius 2 is 1.82 bits per heavy atom. The van der Waals surface area contributed by atoms with E-state index in [1.54, 1.807) is 18.2 Å². The highest BCUT2D eigenvalue weighted by molar-refractivity contribution is 5.92. The van der Waals surface area contributed by atoms with Gasteiger partial charge in [0.2, 0.25) is 0 Å². The third-order valence-corrected chi connectivity index (χ3v) is 2.90. The van der Waals surface area contributed by atoms with Crippen LogP contribution in [0.15, 0.2) is 42.5 Å². The van der Waals surface area contributed by atoms with Crippen LogP contribution in [0.2, 0.25) is 0 Å². The van der Waals surface area contributed by atoms with Crippen LogP contribution in [0.25, 0.3) is 10.8 Å². The van der Waals surface area contributed by atoms with Gasteiger partial charge < -0.3 is 15.9 Å². The van der Waals surface area contributed by atoms with Gasteiger partial charge in [-0.25, -0.2) is 4.79 Å². The molecule has 0 bridgehead atoms. The minimum absolute atomic E-state index is 0.422. The number of carbonyl (C=O) groups is 1. The molecular formula is C13H13NO3. The average molecular weight is 231 g/mol. The highest BCUT2D eigenvalue weighted by Crippen LogP contribution is 2.27. The van der Waals surface area contributed by atoms with E-state index in [9.17, 15) is 9.90 Å². The second-order valence-electron chi connectivity index (χ2n) is 3.96. The van der Waals surface area contributed by atoms with Crippen LogP contribution in [0.4, 0.5) is 0 Å². The van der Waals surface area contributed by atoms with Gasteiger partial charge in [-0.05, 0) is 16.3 Å². The first-order valence-corrected chi connectivity index (χ1v) is 5.21. The monoisotopic (exact) mass is 231 g/mol. The molecule has 0 radical (unpaired) electrons. The molecule has 1 atom stereocenters. The van der Waals surface area contributed by atoms with Gasteiger partial charge in [-0.1, -0.05) is 42.5 Å². The van der Waals surface area contributed by atoms with Crippen LogP contribution in [0, 0.1) is 0 Å². The van der Waals surface area contributed by atoms with E-state index in [0.29, 0.717) is 5.56 Å². The van der Waals surface area contributed by atoms with Crippen LogP contribution >= 0.6 is 0 Å². The predicted molar refractivity (Wildman–Crippen MR) is 64.5 cm³/mol. The molecule has 0 aliphatic rings. The van der Waals surface area contributed by atoms with Crippen molar-refractivity contribution in [1.29, 1.82) is 0 Å². The molecule has 0 aliphatic carbocycles. The number of aliphatic hydroxyl groups is 1. The number of carboxylic acids is 1. The van der Waals surface area contributed by atoms with E-state index in [4.69, 9.17) is 10.8 Å². The first kappa shape index (κ1) is 11.6. The number of rotatable bonds is 3. The van der Waals surface area contributed by atoms with Crippen LogP contribution in [0.5, 0.6) is 0 Å². The van der Waals surface area contributed by atoms with E-state index in [2.05, 4.69) is 0 Å². The lowest BCUT2D eigenvalue weighted by molar-refractivity contribution is -0.145. The minimum Gasteiger partial charge on any atom is -0.480 e. The van der Waals surface area contributed by atoms with Crippen molar-refractivity contribution in [2.75, 3.05) is 6.61 Å². The summed E-state index contributed by atoms with van der Waals surface area (Å²) in [6.45, 7) is -0.643. The van der Waals surface area contributed by atoms with Crippen LogP contribution < -0.4 is 5.73 Å². The molecule has 0 heterocycles. The maximum absolute atomic E-state index is 11.2. The predicted octanol–water partition coefficient (Wildman–Crippen LogP) is 1.07. The van der Waals surface area contributed by atoms with Crippen molar-refractivity contribution in [1.82, 2.24) is 0 Å². The van der Waals surface area contributed by atoms with Gasteiger partial charge in [-0.3, -0.25) is 0 Å². The number of hydrogen-bond donors (Lipinski definition) is 3. The zero-order valence-corrected chi connectivity index (χ0v) is 9.13. The smallest absolute Gasteiger partial charge is 0.330 e. The van der Waals surface area contributed by atoms with Crippen molar-refractivity contribution in [3.8, 4) is 0 Å². The number of aliphatic hydroxyl groups excluding tert-OH is 1. The first-order valence-electron chi connectivity index (χ1n) is 5.21. The summed E-state index contributed by atoms with van der Waals surface area (Å²) in [6.07, 6.45) is 0. The van der Waals surface area contributed by atoms with Gasteiger partial charge in [0.1, 0.15) is 0 Å². The summed E-state index contributed by atoms with van der Waals surface area (Å²) in [5.74, 6) is -1.24. The van der Waals surface area contributed by atoms with E-state index in [0.717, 1.165) is 10.8 Å². The van der Waals surface area contributed by atoms with Crippen LogP contribution in [-0.2, 0) is 10.3 Å². The Hall–Kier alpha value is -1.91. The molecule has 4 N–H and O–H groups in total. The second-order valence-corrected chi connectivity index (χ2v) is 3.96. The Labute approximate surface area is 98.3 Å². The Morgan fingerprint density at radius 1 is 1.18 bits per heavy atom. The fourth-order valence-electron chi connectivity index (χ4n) is 1.88. The summed E-state index contributed by atoms with van der Waals surface area (Å²) < 4.78 is 0. The quantitative estimate of drug-likeness (QED) is 0.737. The van der Waals surface area contributed by atoms with Crippen LogP contribution in [0.1, 0.15) is 5.56 Å². The maximum atomic E-state index is 11.2. The number of nitrogens with two attached hydrogens (primary N) is 1. The molecular weight excluding hydrogens is 218 g/mol. The standard InChI is InChI=1S/C13H13NO3/c14-13(8-15,12(16)17)11-7-3-5-9-4-1-2-6-10(9)11/h1-7,15H,8,14H2,(H,16,17). The van der Waals surface area contributed by atoms with Gasteiger partial charge in [0.15, 0.2) is 5.54 Å². The van der Waals surface area contributed by atoms with Crippen LogP contribution in [0.3, 0.4) is 0 Å². The number of aliphatic carboxylic acids is 1. The lowest BCUT2D eigenvalue weighted by atomic mass is 9.88. The molecule has 17 heavy (non-hydrogen) atoms. The number of carboxylic acid groups (broad SMARTS) is 1. The summed E-state index contributed by atoms with van der Waals surface area (Å²) in [6, 6.07) is 12.6. The first-order chi connectivity index (χ1) is 8.09. The van der Waals surface area contributed by atoms with E-state index < -0.39 is 18.1 Å². The van der Waals surface area contributed by atoms with E-state index in [1.807, 2.05) is 24.3 Å². The third-order valence-electron chi connectivity index (χ3n) is 2.90. The SMILES string of the molecule is NC(CO)(C(=O)O)c1cccc2ccccc12. The van der Waals surface area contributed by atoms with Gasteiger partial charge in [-0.15, -0.1) is 0 Å². The summed E-state index contributed by atoms with van der Waals surface area (Å²) in [7, 11) is 0. The molecule has 0 spiro atoms.